The summed E-state index contributed by atoms with van der Waals surface area (Å²) >= 11 is 6.73. The molecule has 0 aromatic heterocycles. The molecule has 0 unspecified atom stereocenters. The second-order valence-corrected chi connectivity index (χ2v) is 9.73. The van der Waals surface area contributed by atoms with E-state index in [2.05, 4.69) is 31.9 Å². The Balaban J connectivity index is 3.10. The topological polar surface area (TPSA) is 44.8 Å². The smallest absolute Gasteiger partial charge is 0.403 e. The fraction of sp³-hybridized carbons (Fsp3) is 0.571. The molecule has 0 saturated carbocycles. The molecular formula is C14H21Br2O4P. The Morgan fingerprint density at radius 1 is 0.952 bits per heavy atom. The molecule has 7 heteroatoms. The molecule has 120 valence electrons. The second-order valence-electron chi connectivity index (χ2n) is 6.52. The minimum absolute atomic E-state index is 0.398. The minimum atomic E-state index is -3.77. The molecule has 0 bridgehead atoms. The Morgan fingerprint density at radius 2 is 1.43 bits per heavy atom. The van der Waals surface area contributed by atoms with Crippen molar-refractivity contribution in [3.05, 3.63) is 27.1 Å². The highest BCUT2D eigenvalue weighted by Gasteiger charge is 2.39. The van der Waals surface area contributed by atoms with Gasteiger partial charge in [0.15, 0.2) is 0 Å². The lowest BCUT2D eigenvalue weighted by atomic mass is 10.2. The van der Waals surface area contributed by atoms with Crippen LogP contribution in [-0.2, 0) is 13.6 Å². The van der Waals surface area contributed by atoms with E-state index in [1.807, 2.05) is 0 Å². The molecule has 1 aromatic carbocycles. The molecule has 0 spiro atoms. The average molecular weight is 444 g/mol. The lowest BCUT2D eigenvalue weighted by Crippen LogP contribution is -2.25. The van der Waals surface area contributed by atoms with Crippen LogP contribution in [0, 0.1) is 0 Å². The van der Waals surface area contributed by atoms with Crippen molar-refractivity contribution in [3.63, 3.8) is 0 Å². The van der Waals surface area contributed by atoms with E-state index in [0.717, 1.165) is 4.47 Å². The van der Waals surface area contributed by atoms with Crippen LogP contribution in [0.25, 0.3) is 0 Å². The molecule has 0 radical (unpaired) electrons. The van der Waals surface area contributed by atoms with Gasteiger partial charge in [-0.3, -0.25) is 9.05 Å². The summed E-state index contributed by atoms with van der Waals surface area (Å²) in [5.41, 5.74) is -1.33. The first-order valence-corrected chi connectivity index (χ1v) is 9.51. The highest BCUT2D eigenvalue weighted by molar-refractivity contribution is 9.11. The first-order valence-electron chi connectivity index (χ1n) is 6.46. The quantitative estimate of drug-likeness (QED) is 0.510. The molecular weight excluding hydrogens is 423 g/mol. The van der Waals surface area contributed by atoms with Gasteiger partial charge in [-0.15, -0.1) is 0 Å². The Labute approximate surface area is 143 Å². The van der Waals surface area contributed by atoms with Crippen molar-refractivity contribution in [2.75, 3.05) is 0 Å². The van der Waals surface area contributed by atoms with Crippen molar-refractivity contribution in [3.8, 4) is 5.75 Å². The molecule has 0 heterocycles. The standard InChI is InChI=1S/C14H21Br2O4P/c1-13(2,3)19-21(17,20-14(4,5)6)18-12-8-7-10(15)9-11(12)16/h7-9H,1-6H3. The van der Waals surface area contributed by atoms with Crippen molar-refractivity contribution in [2.45, 2.75) is 52.7 Å². The fourth-order valence-corrected chi connectivity index (χ4v) is 4.50. The van der Waals surface area contributed by atoms with Crippen LogP contribution in [-0.4, -0.2) is 11.2 Å². The molecule has 0 aliphatic heterocycles. The van der Waals surface area contributed by atoms with Crippen LogP contribution in [0.2, 0.25) is 0 Å². The highest BCUT2D eigenvalue weighted by Crippen LogP contribution is 2.56. The summed E-state index contributed by atoms with van der Waals surface area (Å²) in [4.78, 5) is 0. The molecule has 0 fully saturated rings. The molecule has 0 aliphatic rings. The summed E-state index contributed by atoms with van der Waals surface area (Å²) < 4.78 is 31.2. The SMILES string of the molecule is CC(C)(C)OP(=O)(Oc1ccc(Br)cc1Br)OC(C)(C)C. The van der Waals surface area contributed by atoms with Gasteiger partial charge in [-0.05, 0) is 75.7 Å². The van der Waals surface area contributed by atoms with Gasteiger partial charge in [0.25, 0.3) is 0 Å². The number of halogens is 2. The fourth-order valence-electron chi connectivity index (χ4n) is 1.40. The number of phosphoric acid groups is 1. The molecule has 1 rings (SSSR count). The molecule has 0 atom stereocenters. The average Bonchev–Trinajstić information content (AvgIpc) is 2.16. The van der Waals surface area contributed by atoms with Gasteiger partial charge in [0, 0.05) is 4.47 Å². The Morgan fingerprint density at radius 3 is 1.81 bits per heavy atom. The lowest BCUT2D eigenvalue weighted by molar-refractivity contribution is 0.0223. The monoisotopic (exact) mass is 442 g/mol. The molecule has 0 N–H and O–H groups in total. The van der Waals surface area contributed by atoms with Crippen LogP contribution >= 0.6 is 39.7 Å². The van der Waals surface area contributed by atoms with Crippen molar-refractivity contribution >= 4 is 39.7 Å². The van der Waals surface area contributed by atoms with E-state index in [-0.39, 0.29) is 0 Å². The normalized spacial score (nSPS) is 13.3. The summed E-state index contributed by atoms with van der Waals surface area (Å²) in [6, 6.07) is 5.28. The van der Waals surface area contributed by atoms with E-state index in [9.17, 15) is 4.57 Å². The van der Waals surface area contributed by atoms with Gasteiger partial charge in [-0.1, -0.05) is 15.9 Å². The van der Waals surface area contributed by atoms with Gasteiger partial charge < -0.3 is 4.52 Å². The maximum Gasteiger partial charge on any atom is 0.531 e. The summed E-state index contributed by atoms with van der Waals surface area (Å²) in [6.07, 6.45) is 0. The predicted molar refractivity (Wildman–Crippen MR) is 91.8 cm³/mol. The zero-order chi connectivity index (χ0) is 16.5. The molecule has 4 nitrogen and oxygen atoms in total. The third kappa shape index (κ3) is 7.29. The van der Waals surface area contributed by atoms with E-state index in [1.54, 1.807) is 59.7 Å². The summed E-state index contributed by atoms with van der Waals surface area (Å²) in [7, 11) is -3.77. The van der Waals surface area contributed by atoms with Crippen LogP contribution in [0.4, 0.5) is 0 Å². The summed E-state index contributed by atoms with van der Waals surface area (Å²) in [5.74, 6) is 0.398. The van der Waals surface area contributed by atoms with Gasteiger partial charge in [-0.2, -0.15) is 0 Å². The third-order valence-corrected chi connectivity index (χ3v) is 4.95. The Hall–Kier alpha value is 0.130. The number of hydrogen-bond acceptors (Lipinski definition) is 4. The molecule has 0 amide bonds. The third-order valence-electron chi connectivity index (χ3n) is 1.88. The van der Waals surface area contributed by atoms with Crippen LogP contribution in [0.5, 0.6) is 5.75 Å². The molecule has 1 aromatic rings. The zero-order valence-corrected chi connectivity index (χ0v) is 17.1. The largest absolute Gasteiger partial charge is 0.531 e. The van der Waals surface area contributed by atoms with E-state index in [0.29, 0.717) is 10.2 Å². The second kappa shape index (κ2) is 6.71. The highest BCUT2D eigenvalue weighted by atomic mass is 79.9. The van der Waals surface area contributed by atoms with Crippen molar-refractivity contribution in [2.24, 2.45) is 0 Å². The van der Waals surface area contributed by atoms with Gasteiger partial charge >= 0.3 is 7.82 Å². The maximum atomic E-state index is 13.0. The number of phosphoric ester groups is 1. The minimum Gasteiger partial charge on any atom is -0.403 e. The molecule has 21 heavy (non-hydrogen) atoms. The lowest BCUT2D eigenvalue weighted by Gasteiger charge is -2.31. The first kappa shape index (κ1) is 19.2. The molecule has 0 aliphatic carbocycles. The predicted octanol–water partition coefficient (Wildman–Crippen LogP) is 6.33. The van der Waals surface area contributed by atoms with E-state index < -0.39 is 19.0 Å². The van der Waals surface area contributed by atoms with E-state index in [4.69, 9.17) is 13.6 Å². The van der Waals surface area contributed by atoms with E-state index in [1.165, 1.54) is 0 Å². The number of hydrogen-bond donors (Lipinski definition) is 0. The van der Waals surface area contributed by atoms with Crippen LogP contribution < -0.4 is 4.52 Å². The van der Waals surface area contributed by atoms with Gasteiger partial charge in [0.05, 0.1) is 15.7 Å². The van der Waals surface area contributed by atoms with Crippen molar-refractivity contribution in [1.29, 1.82) is 0 Å². The number of benzene rings is 1. The van der Waals surface area contributed by atoms with E-state index >= 15 is 0 Å². The van der Waals surface area contributed by atoms with Crippen LogP contribution in [0.3, 0.4) is 0 Å². The Bertz CT molecular complexity index is 527. The van der Waals surface area contributed by atoms with Gasteiger partial charge in [0.2, 0.25) is 0 Å². The van der Waals surface area contributed by atoms with Gasteiger partial charge in [0.1, 0.15) is 5.75 Å². The van der Waals surface area contributed by atoms with Crippen LogP contribution in [0.1, 0.15) is 41.5 Å². The van der Waals surface area contributed by atoms with Crippen molar-refractivity contribution < 1.29 is 18.1 Å². The first-order chi connectivity index (χ1) is 9.30. The Kier molecular flexibility index (Phi) is 6.13. The van der Waals surface area contributed by atoms with Crippen molar-refractivity contribution in [1.82, 2.24) is 0 Å². The number of rotatable bonds is 4. The summed E-state index contributed by atoms with van der Waals surface area (Å²) in [5, 5.41) is 0. The zero-order valence-electron chi connectivity index (χ0n) is 13.1. The maximum absolute atomic E-state index is 13.0. The molecule has 0 saturated heterocycles. The van der Waals surface area contributed by atoms with Gasteiger partial charge in [-0.25, -0.2) is 4.57 Å². The van der Waals surface area contributed by atoms with Crippen LogP contribution in [0.15, 0.2) is 27.1 Å². The summed E-state index contributed by atoms with van der Waals surface area (Å²) in [6.45, 7) is 10.8.